The zero-order valence-corrected chi connectivity index (χ0v) is 13.2. The zero-order chi connectivity index (χ0) is 15.3. The van der Waals surface area contributed by atoms with Gasteiger partial charge in [-0.15, -0.1) is 0 Å². The number of hydrogen-bond acceptors (Lipinski definition) is 3. The summed E-state index contributed by atoms with van der Waals surface area (Å²) in [6, 6.07) is 4.61. The lowest BCUT2D eigenvalue weighted by atomic mass is 10.1. The van der Waals surface area contributed by atoms with Gasteiger partial charge in [0, 0.05) is 11.6 Å². The maximum atomic E-state index is 12.2. The second-order valence-corrected chi connectivity index (χ2v) is 6.73. The highest BCUT2D eigenvalue weighted by atomic mass is 32.2. The molecule has 0 spiro atoms. The standard InChI is InChI=1S/C14H22N2O3S/c1-5-6-11(3)16-14(17)13-9-12(8-7-10(13)2)20(18,19)15-4/h7-9,11,15H,5-6H2,1-4H3,(H,16,17)/t11-/m1/s1. The van der Waals surface area contributed by atoms with Crippen molar-refractivity contribution in [3.05, 3.63) is 29.3 Å². The predicted molar refractivity (Wildman–Crippen MR) is 79.3 cm³/mol. The zero-order valence-electron chi connectivity index (χ0n) is 12.4. The third kappa shape index (κ3) is 4.05. The Morgan fingerprint density at radius 1 is 1.35 bits per heavy atom. The Morgan fingerprint density at radius 3 is 2.55 bits per heavy atom. The van der Waals surface area contributed by atoms with E-state index in [4.69, 9.17) is 0 Å². The fourth-order valence-corrected chi connectivity index (χ4v) is 2.69. The molecular formula is C14H22N2O3S. The van der Waals surface area contributed by atoms with Crippen LogP contribution in [0.15, 0.2) is 23.1 Å². The van der Waals surface area contributed by atoms with Crippen LogP contribution in [0.2, 0.25) is 0 Å². The number of carbonyl (C=O) groups excluding carboxylic acids is 1. The lowest BCUT2D eigenvalue weighted by Crippen LogP contribution is -2.33. The molecule has 0 aromatic heterocycles. The molecule has 0 radical (unpaired) electrons. The molecule has 20 heavy (non-hydrogen) atoms. The molecule has 0 aliphatic heterocycles. The summed E-state index contributed by atoms with van der Waals surface area (Å²) in [6.45, 7) is 5.77. The minimum absolute atomic E-state index is 0.0662. The number of nitrogens with one attached hydrogen (secondary N) is 2. The molecule has 0 unspecified atom stereocenters. The Bertz CT molecular complexity index is 582. The number of sulfonamides is 1. The highest BCUT2D eigenvalue weighted by Gasteiger charge is 2.17. The molecule has 1 aromatic carbocycles. The Kier molecular flexibility index (Phi) is 5.71. The molecule has 0 heterocycles. The van der Waals surface area contributed by atoms with Gasteiger partial charge in [-0.1, -0.05) is 19.4 Å². The highest BCUT2D eigenvalue weighted by Crippen LogP contribution is 2.15. The van der Waals surface area contributed by atoms with E-state index in [-0.39, 0.29) is 16.8 Å². The normalized spacial score (nSPS) is 13.0. The maximum absolute atomic E-state index is 12.2. The van der Waals surface area contributed by atoms with Gasteiger partial charge in [-0.3, -0.25) is 4.79 Å². The molecule has 6 heteroatoms. The number of rotatable bonds is 6. The molecule has 0 aliphatic carbocycles. The van der Waals surface area contributed by atoms with E-state index in [2.05, 4.69) is 10.0 Å². The molecule has 1 aromatic rings. The third-order valence-electron chi connectivity index (χ3n) is 3.13. The number of amides is 1. The maximum Gasteiger partial charge on any atom is 0.251 e. The molecule has 1 rings (SSSR count). The van der Waals surface area contributed by atoms with Crippen molar-refractivity contribution in [3.63, 3.8) is 0 Å². The predicted octanol–water partition coefficient (Wildman–Crippen LogP) is 1.82. The van der Waals surface area contributed by atoms with Crippen LogP contribution in [0.1, 0.15) is 42.6 Å². The summed E-state index contributed by atoms with van der Waals surface area (Å²) in [6.07, 6.45) is 1.87. The molecule has 0 saturated heterocycles. The molecule has 1 atom stereocenters. The SMILES string of the molecule is CCC[C@@H](C)NC(=O)c1cc(S(=O)(=O)NC)ccc1C. The van der Waals surface area contributed by atoms with E-state index in [0.717, 1.165) is 18.4 Å². The van der Waals surface area contributed by atoms with Crippen molar-refractivity contribution >= 4 is 15.9 Å². The second kappa shape index (κ2) is 6.85. The van der Waals surface area contributed by atoms with Crippen LogP contribution in [0, 0.1) is 6.92 Å². The van der Waals surface area contributed by atoms with Gasteiger partial charge in [0.2, 0.25) is 10.0 Å². The van der Waals surface area contributed by atoms with Gasteiger partial charge >= 0.3 is 0 Å². The first-order chi connectivity index (χ1) is 9.31. The van der Waals surface area contributed by atoms with Crippen LogP contribution in [0.25, 0.3) is 0 Å². The van der Waals surface area contributed by atoms with E-state index in [1.807, 2.05) is 13.8 Å². The largest absolute Gasteiger partial charge is 0.350 e. The molecule has 0 fully saturated rings. The van der Waals surface area contributed by atoms with Crippen molar-refractivity contribution in [2.75, 3.05) is 7.05 Å². The molecule has 0 saturated carbocycles. The summed E-state index contributed by atoms with van der Waals surface area (Å²) < 4.78 is 25.8. The van der Waals surface area contributed by atoms with Crippen LogP contribution in [-0.2, 0) is 10.0 Å². The minimum atomic E-state index is -3.54. The van der Waals surface area contributed by atoms with Gasteiger partial charge < -0.3 is 5.32 Å². The Balaban J connectivity index is 3.06. The van der Waals surface area contributed by atoms with Crippen molar-refractivity contribution in [2.24, 2.45) is 0 Å². The van der Waals surface area contributed by atoms with Crippen LogP contribution in [-0.4, -0.2) is 27.4 Å². The number of benzene rings is 1. The first kappa shape index (κ1) is 16.7. The van der Waals surface area contributed by atoms with Crippen LogP contribution in [0.3, 0.4) is 0 Å². The molecule has 0 bridgehead atoms. The van der Waals surface area contributed by atoms with Gasteiger partial charge in [0.05, 0.1) is 4.90 Å². The van der Waals surface area contributed by atoms with Crippen LogP contribution < -0.4 is 10.0 Å². The second-order valence-electron chi connectivity index (χ2n) is 4.85. The van der Waals surface area contributed by atoms with Crippen molar-refractivity contribution in [2.45, 2.75) is 44.6 Å². The number of carbonyl (C=O) groups is 1. The number of hydrogen-bond donors (Lipinski definition) is 2. The van der Waals surface area contributed by atoms with Gasteiger partial charge in [0.25, 0.3) is 5.91 Å². The summed E-state index contributed by atoms with van der Waals surface area (Å²) in [5.74, 6) is -0.239. The Hall–Kier alpha value is -1.40. The fraction of sp³-hybridized carbons (Fsp3) is 0.500. The van der Waals surface area contributed by atoms with Crippen molar-refractivity contribution in [1.82, 2.24) is 10.0 Å². The Morgan fingerprint density at radius 2 is 2.00 bits per heavy atom. The van der Waals surface area contributed by atoms with E-state index in [0.29, 0.717) is 5.56 Å². The minimum Gasteiger partial charge on any atom is -0.350 e. The van der Waals surface area contributed by atoms with Crippen molar-refractivity contribution in [1.29, 1.82) is 0 Å². The quantitative estimate of drug-likeness (QED) is 0.841. The molecule has 5 nitrogen and oxygen atoms in total. The van der Waals surface area contributed by atoms with E-state index >= 15 is 0 Å². The fourth-order valence-electron chi connectivity index (χ4n) is 1.94. The van der Waals surface area contributed by atoms with E-state index in [9.17, 15) is 13.2 Å². The molecule has 0 aliphatic rings. The molecule has 1 amide bonds. The lowest BCUT2D eigenvalue weighted by molar-refractivity contribution is 0.0937. The van der Waals surface area contributed by atoms with Crippen LogP contribution in [0.5, 0.6) is 0 Å². The first-order valence-corrected chi connectivity index (χ1v) is 8.15. The van der Waals surface area contributed by atoms with Gasteiger partial charge in [0.15, 0.2) is 0 Å². The summed E-state index contributed by atoms with van der Waals surface area (Å²) in [5.41, 5.74) is 1.14. The average Bonchev–Trinajstić information content (AvgIpc) is 2.39. The molecule has 2 N–H and O–H groups in total. The van der Waals surface area contributed by atoms with Crippen LogP contribution in [0.4, 0.5) is 0 Å². The van der Waals surface area contributed by atoms with E-state index < -0.39 is 10.0 Å². The van der Waals surface area contributed by atoms with E-state index in [1.165, 1.54) is 19.2 Å². The van der Waals surface area contributed by atoms with Gasteiger partial charge in [-0.2, -0.15) is 0 Å². The van der Waals surface area contributed by atoms with Gasteiger partial charge in [-0.05, 0) is 45.0 Å². The van der Waals surface area contributed by atoms with E-state index in [1.54, 1.807) is 13.0 Å². The third-order valence-corrected chi connectivity index (χ3v) is 4.54. The van der Waals surface area contributed by atoms with Crippen molar-refractivity contribution < 1.29 is 13.2 Å². The summed E-state index contributed by atoms with van der Waals surface area (Å²) in [7, 11) is -2.19. The monoisotopic (exact) mass is 298 g/mol. The summed E-state index contributed by atoms with van der Waals surface area (Å²) in [4.78, 5) is 12.3. The van der Waals surface area contributed by atoms with Gasteiger partial charge in [0.1, 0.15) is 0 Å². The summed E-state index contributed by atoms with van der Waals surface area (Å²) in [5, 5.41) is 2.88. The van der Waals surface area contributed by atoms with Crippen molar-refractivity contribution in [3.8, 4) is 0 Å². The lowest BCUT2D eigenvalue weighted by Gasteiger charge is -2.14. The van der Waals surface area contributed by atoms with Crippen LogP contribution >= 0.6 is 0 Å². The molecule has 112 valence electrons. The summed E-state index contributed by atoms with van der Waals surface area (Å²) >= 11 is 0. The smallest absolute Gasteiger partial charge is 0.251 e. The average molecular weight is 298 g/mol. The Labute approximate surface area is 120 Å². The topological polar surface area (TPSA) is 75.3 Å². The first-order valence-electron chi connectivity index (χ1n) is 6.67. The highest BCUT2D eigenvalue weighted by molar-refractivity contribution is 7.89. The number of aryl methyl sites for hydroxylation is 1. The van der Waals surface area contributed by atoms with Gasteiger partial charge in [-0.25, -0.2) is 13.1 Å². The molecular weight excluding hydrogens is 276 g/mol.